The predicted molar refractivity (Wildman–Crippen MR) is 97.2 cm³/mol. The second-order valence-corrected chi connectivity index (χ2v) is 6.88. The Labute approximate surface area is 170 Å². The number of nitrogens with one attached hydrogen (secondary N) is 1. The maximum absolute atomic E-state index is 12.7. The molecule has 0 saturated heterocycles. The van der Waals surface area contributed by atoms with Crippen molar-refractivity contribution in [2.45, 2.75) is 17.5 Å². The van der Waals surface area contributed by atoms with Crippen LogP contribution in [0.2, 0.25) is 0 Å². The van der Waals surface area contributed by atoms with Gasteiger partial charge in [-0.05, 0) is 48.5 Å². The third kappa shape index (κ3) is 5.32. The van der Waals surface area contributed by atoms with E-state index in [1.54, 1.807) is 0 Å². The van der Waals surface area contributed by atoms with E-state index in [1.807, 2.05) is 0 Å². The van der Waals surface area contributed by atoms with Crippen molar-refractivity contribution < 1.29 is 31.1 Å². The van der Waals surface area contributed by atoms with Crippen molar-refractivity contribution in [3.05, 3.63) is 66.0 Å². The molecule has 0 saturated carbocycles. The minimum Gasteiger partial charge on any atom is -0.325 e. The Bertz CT molecular complexity index is 1010. The lowest BCUT2D eigenvalue weighted by molar-refractivity contribution is -0.138. The molecule has 0 radical (unpaired) electrons. The van der Waals surface area contributed by atoms with Crippen LogP contribution in [0.5, 0.6) is 0 Å². The van der Waals surface area contributed by atoms with Crippen LogP contribution >= 0.6 is 11.8 Å². The molecule has 158 valence electrons. The summed E-state index contributed by atoms with van der Waals surface area (Å²) in [6.07, 6.45) is -7.64. The van der Waals surface area contributed by atoms with Crippen LogP contribution in [0.15, 0.2) is 60.0 Å². The van der Waals surface area contributed by atoms with Crippen LogP contribution < -0.4 is 5.32 Å². The first-order valence-electron chi connectivity index (χ1n) is 8.21. The fraction of sp³-hybridized carbons (Fsp3) is 0.167. The van der Waals surface area contributed by atoms with E-state index in [0.29, 0.717) is 5.69 Å². The molecule has 0 aliphatic carbocycles. The lowest BCUT2D eigenvalue weighted by Gasteiger charge is -2.10. The normalized spacial score (nSPS) is 12.1. The first-order chi connectivity index (χ1) is 14.0. The van der Waals surface area contributed by atoms with E-state index in [-0.39, 0.29) is 16.6 Å². The zero-order valence-corrected chi connectivity index (χ0v) is 15.6. The van der Waals surface area contributed by atoms with Gasteiger partial charge in [0.25, 0.3) is 0 Å². The largest absolute Gasteiger partial charge is 0.416 e. The zero-order valence-electron chi connectivity index (χ0n) is 14.8. The number of aromatic nitrogens is 3. The van der Waals surface area contributed by atoms with Gasteiger partial charge in [-0.3, -0.25) is 9.36 Å². The molecule has 0 fully saturated rings. The lowest BCUT2D eigenvalue weighted by Crippen LogP contribution is -2.15. The van der Waals surface area contributed by atoms with Crippen LogP contribution in [0.25, 0.3) is 5.69 Å². The lowest BCUT2D eigenvalue weighted by atomic mass is 10.2. The Kier molecular flexibility index (Phi) is 6.06. The molecular weight excluding hydrogens is 434 g/mol. The molecule has 0 unspecified atom stereocenters. The average Bonchev–Trinajstić information content (AvgIpc) is 3.14. The average molecular weight is 446 g/mol. The summed E-state index contributed by atoms with van der Waals surface area (Å²) in [5.74, 6) is -0.637. The summed E-state index contributed by atoms with van der Waals surface area (Å²) in [6, 6.07) is 8.30. The van der Waals surface area contributed by atoms with Gasteiger partial charge in [0.2, 0.25) is 5.91 Å². The number of hydrogen-bond donors (Lipinski definition) is 1. The number of alkyl halides is 6. The SMILES string of the molecule is O=C(CSc1nncn1-c1ccc(C(F)(F)F)cc1)Nc1ccc(C(F)(F)F)cc1. The van der Waals surface area contributed by atoms with Gasteiger partial charge in [-0.2, -0.15) is 26.3 Å². The van der Waals surface area contributed by atoms with Crippen LogP contribution in [-0.2, 0) is 17.1 Å². The van der Waals surface area contributed by atoms with E-state index in [9.17, 15) is 31.1 Å². The predicted octanol–water partition coefficient (Wildman–Crippen LogP) is 5.04. The molecule has 0 spiro atoms. The van der Waals surface area contributed by atoms with E-state index in [1.165, 1.54) is 23.0 Å². The number of carbonyl (C=O) groups excluding carboxylic acids is 1. The van der Waals surface area contributed by atoms with Crippen LogP contribution in [0.1, 0.15) is 11.1 Å². The highest BCUT2D eigenvalue weighted by Gasteiger charge is 2.30. The Morgan fingerprint density at radius 1 is 0.900 bits per heavy atom. The highest BCUT2D eigenvalue weighted by atomic mass is 32.2. The van der Waals surface area contributed by atoms with E-state index >= 15 is 0 Å². The molecule has 1 aromatic heterocycles. The number of amides is 1. The first kappa shape index (κ1) is 21.7. The number of nitrogens with zero attached hydrogens (tertiary/aromatic N) is 3. The van der Waals surface area contributed by atoms with E-state index < -0.39 is 29.4 Å². The van der Waals surface area contributed by atoms with Gasteiger partial charge in [-0.25, -0.2) is 0 Å². The summed E-state index contributed by atoms with van der Waals surface area (Å²) in [7, 11) is 0. The third-order valence-corrected chi connectivity index (χ3v) is 4.76. The van der Waals surface area contributed by atoms with Gasteiger partial charge in [-0.15, -0.1) is 10.2 Å². The molecule has 3 rings (SSSR count). The number of hydrogen-bond acceptors (Lipinski definition) is 4. The molecule has 12 heteroatoms. The van der Waals surface area contributed by atoms with E-state index in [0.717, 1.165) is 48.2 Å². The highest BCUT2D eigenvalue weighted by Crippen LogP contribution is 2.31. The van der Waals surface area contributed by atoms with Gasteiger partial charge in [0.15, 0.2) is 5.16 Å². The quantitative estimate of drug-likeness (QED) is 0.441. The van der Waals surface area contributed by atoms with Gasteiger partial charge in [-0.1, -0.05) is 11.8 Å². The second kappa shape index (κ2) is 8.38. The standard InChI is InChI=1S/C18H12F6N4OS/c19-17(20,21)11-1-5-13(6-2-11)26-15(29)9-30-16-27-25-10-28(16)14-7-3-12(4-8-14)18(22,23)24/h1-8,10H,9H2,(H,26,29). The second-order valence-electron chi connectivity index (χ2n) is 5.94. The van der Waals surface area contributed by atoms with Crippen LogP contribution in [-0.4, -0.2) is 26.4 Å². The molecule has 5 nitrogen and oxygen atoms in total. The van der Waals surface area contributed by atoms with E-state index in [2.05, 4.69) is 15.5 Å². The fourth-order valence-electron chi connectivity index (χ4n) is 2.38. The Morgan fingerprint density at radius 2 is 1.43 bits per heavy atom. The van der Waals surface area contributed by atoms with Gasteiger partial charge in [0.1, 0.15) is 6.33 Å². The first-order valence-corrected chi connectivity index (χ1v) is 9.20. The van der Waals surface area contributed by atoms with Gasteiger partial charge < -0.3 is 5.32 Å². The molecule has 0 atom stereocenters. The Hall–Kier alpha value is -3.02. The van der Waals surface area contributed by atoms with Gasteiger partial charge in [0, 0.05) is 11.4 Å². The maximum Gasteiger partial charge on any atom is 0.416 e. The molecule has 2 aromatic carbocycles. The van der Waals surface area contributed by atoms with Crippen molar-refractivity contribution >= 4 is 23.4 Å². The molecule has 30 heavy (non-hydrogen) atoms. The van der Waals surface area contributed by atoms with Crippen molar-refractivity contribution in [2.75, 3.05) is 11.1 Å². The minimum absolute atomic E-state index is 0.139. The van der Waals surface area contributed by atoms with Crippen molar-refractivity contribution in [1.82, 2.24) is 14.8 Å². The molecule has 0 bridgehead atoms. The van der Waals surface area contributed by atoms with Gasteiger partial charge >= 0.3 is 12.4 Å². The zero-order chi connectivity index (χ0) is 21.9. The topological polar surface area (TPSA) is 59.8 Å². The molecule has 1 heterocycles. The van der Waals surface area contributed by atoms with Crippen LogP contribution in [0.3, 0.4) is 0 Å². The number of thioether (sulfide) groups is 1. The number of benzene rings is 2. The summed E-state index contributed by atoms with van der Waals surface area (Å²) >= 11 is 0.968. The molecule has 0 aliphatic heterocycles. The molecule has 1 amide bonds. The third-order valence-electron chi connectivity index (χ3n) is 3.82. The van der Waals surface area contributed by atoms with Crippen LogP contribution in [0.4, 0.5) is 32.0 Å². The molecule has 3 aromatic rings. The summed E-state index contributed by atoms with van der Waals surface area (Å²) in [6.45, 7) is 0. The number of carbonyl (C=O) groups is 1. The van der Waals surface area contributed by atoms with Crippen molar-refractivity contribution in [3.63, 3.8) is 0 Å². The van der Waals surface area contributed by atoms with Crippen molar-refractivity contribution in [3.8, 4) is 5.69 Å². The molecular formula is C18H12F6N4OS. The van der Waals surface area contributed by atoms with Gasteiger partial charge in [0.05, 0.1) is 16.9 Å². The summed E-state index contributed by atoms with van der Waals surface area (Å²) in [5, 5.41) is 10.2. The van der Waals surface area contributed by atoms with E-state index in [4.69, 9.17) is 0 Å². The summed E-state index contributed by atoms with van der Waals surface area (Å²) < 4.78 is 77.1. The minimum atomic E-state index is -4.47. The van der Waals surface area contributed by atoms with Crippen molar-refractivity contribution in [1.29, 1.82) is 0 Å². The maximum atomic E-state index is 12.7. The highest BCUT2D eigenvalue weighted by molar-refractivity contribution is 7.99. The van der Waals surface area contributed by atoms with Crippen LogP contribution in [0, 0.1) is 0 Å². The Morgan fingerprint density at radius 3 is 1.97 bits per heavy atom. The summed E-state index contributed by atoms with van der Waals surface area (Å²) in [5.41, 5.74) is -1.07. The smallest absolute Gasteiger partial charge is 0.325 e. The Balaban J connectivity index is 1.62. The fourth-order valence-corrected chi connectivity index (χ4v) is 3.11. The summed E-state index contributed by atoms with van der Waals surface area (Å²) in [4.78, 5) is 12.1. The molecule has 1 N–H and O–H groups in total. The number of anilines is 1. The number of rotatable bonds is 5. The molecule has 0 aliphatic rings. The monoisotopic (exact) mass is 446 g/mol. The van der Waals surface area contributed by atoms with Crippen molar-refractivity contribution in [2.24, 2.45) is 0 Å². The number of halogens is 6.